The largest absolute Gasteiger partial charge is 0.378 e. The number of hydrogen-bond acceptors (Lipinski definition) is 5. The van der Waals surface area contributed by atoms with Crippen LogP contribution in [0, 0.1) is 0 Å². The number of likely N-dealkylation sites (tertiary alicyclic amines) is 1. The molecule has 0 bridgehead atoms. The SMILES string of the molecule is O=C(c1ccc(N2CCOCC2)cc1)N1CCCC(c2ncncc2-c2ccccc2Cl)C1. The third-order valence-corrected chi connectivity index (χ3v) is 6.82. The predicted molar refractivity (Wildman–Crippen MR) is 130 cm³/mol. The molecular formula is C26H27ClN4O2. The van der Waals surface area contributed by atoms with Crippen molar-refractivity contribution in [2.75, 3.05) is 44.3 Å². The molecule has 7 heteroatoms. The maximum absolute atomic E-state index is 13.3. The normalized spacial score (nSPS) is 18.9. The van der Waals surface area contributed by atoms with Crippen LogP contribution in [0.3, 0.4) is 0 Å². The Bertz CT molecular complexity index is 1120. The molecule has 0 aliphatic carbocycles. The number of aromatic nitrogens is 2. The zero-order valence-electron chi connectivity index (χ0n) is 18.5. The van der Waals surface area contributed by atoms with Crippen LogP contribution in [0.4, 0.5) is 5.69 Å². The van der Waals surface area contributed by atoms with Gasteiger partial charge in [0.15, 0.2) is 0 Å². The van der Waals surface area contributed by atoms with Crippen molar-refractivity contribution in [1.29, 1.82) is 0 Å². The Morgan fingerprint density at radius 1 is 1.00 bits per heavy atom. The molecule has 1 amide bonds. The third-order valence-electron chi connectivity index (χ3n) is 6.49. The van der Waals surface area contributed by atoms with Crippen LogP contribution in [-0.4, -0.2) is 60.2 Å². The van der Waals surface area contributed by atoms with E-state index in [0.29, 0.717) is 11.6 Å². The van der Waals surface area contributed by atoms with E-state index in [4.69, 9.17) is 16.3 Å². The molecule has 170 valence electrons. The summed E-state index contributed by atoms with van der Waals surface area (Å²) in [7, 11) is 0. The summed E-state index contributed by atoms with van der Waals surface area (Å²) in [5.41, 5.74) is 4.69. The van der Waals surface area contributed by atoms with Crippen LogP contribution in [0.1, 0.15) is 34.8 Å². The van der Waals surface area contributed by atoms with Crippen LogP contribution in [0.25, 0.3) is 11.1 Å². The number of piperidine rings is 1. The van der Waals surface area contributed by atoms with Crippen LogP contribution in [0.2, 0.25) is 5.02 Å². The van der Waals surface area contributed by atoms with Gasteiger partial charge in [-0.25, -0.2) is 9.97 Å². The topological polar surface area (TPSA) is 58.6 Å². The zero-order chi connectivity index (χ0) is 22.6. The lowest BCUT2D eigenvalue weighted by atomic mass is 9.89. The number of rotatable bonds is 4. The smallest absolute Gasteiger partial charge is 0.253 e. The second-order valence-electron chi connectivity index (χ2n) is 8.54. The molecule has 6 nitrogen and oxygen atoms in total. The number of carbonyl (C=O) groups excluding carboxylic acids is 1. The van der Waals surface area contributed by atoms with Gasteiger partial charge in [0.25, 0.3) is 5.91 Å². The minimum Gasteiger partial charge on any atom is -0.378 e. The lowest BCUT2D eigenvalue weighted by molar-refractivity contribution is 0.0706. The summed E-state index contributed by atoms with van der Waals surface area (Å²) in [5.74, 6) is 0.214. The van der Waals surface area contributed by atoms with Gasteiger partial charge in [0, 0.05) is 65.7 Å². The summed E-state index contributed by atoms with van der Waals surface area (Å²) in [4.78, 5) is 26.4. The molecule has 0 radical (unpaired) electrons. The van der Waals surface area contributed by atoms with E-state index in [2.05, 4.69) is 14.9 Å². The molecule has 33 heavy (non-hydrogen) atoms. The number of ether oxygens (including phenoxy) is 1. The highest BCUT2D eigenvalue weighted by Crippen LogP contribution is 2.35. The van der Waals surface area contributed by atoms with Gasteiger partial charge in [-0.3, -0.25) is 4.79 Å². The molecule has 2 aliphatic heterocycles. The van der Waals surface area contributed by atoms with Crippen LogP contribution in [-0.2, 0) is 4.74 Å². The van der Waals surface area contributed by atoms with Crippen LogP contribution in [0.5, 0.6) is 0 Å². The first-order valence-electron chi connectivity index (χ1n) is 11.5. The molecule has 2 saturated heterocycles. The van der Waals surface area contributed by atoms with Crippen molar-refractivity contribution in [1.82, 2.24) is 14.9 Å². The summed E-state index contributed by atoms with van der Waals surface area (Å²) >= 11 is 6.47. The van der Waals surface area contributed by atoms with Gasteiger partial charge in [-0.2, -0.15) is 0 Å². The van der Waals surface area contributed by atoms with Crippen LogP contribution >= 0.6 is 11.6 Å². The van der Waals surface area contributed by atoms with Crippen LogP contribution in [0.15, 0.2) is 61.1 Å². The molecule has 2 fully saturated rings. The van der Waals surface area contributed by atoms with Gasteiger partial charge in [0.1, 0.15) is 6.33 Å². The van der Waals surface area contributed by atoms with Gasteiger partial charge in [0.05, 0.1) is 18.9 Å². The number of carbonyl (C=O) groups is 1. The second kappa shape index (κ2) is 9.89. The molecule has 0 saturated carbocycles. The van der Waals surface area contributed by atoms with E-state index in [1.54, 1.807) is 6.33 Å². The van der Waals surface area contributed by atoms with E-state index >= 15 is 0 Å². The molecule has 5 rings (SSSR count). The highest BCUT2D eigenvalue weighted by Gasteiger charge is 2.28. The fourth-order valence-electron chi connectivity index (χ4n) is 4.76. The summed E-state index contributed by atoms with van der Waals surface area (Å²) in [5, 5.41) is 0.678. The molecule has 1 atom stereocenters. The van der Waals surface area contributed by atoms with Gasteiger partial charge in [0.2, 0.25) is 0 Å². The predicted octanol–water partition coefficient (Wildman–Crippen LogP) is 4.65. The first-order chi connectivity index (χ1) is 16.2. The summed E-state index contributed by atoms with van der Waals surface area (Å²) in [6.07, 6.45) is 5.33. The van der Waals surface area contributed by atoms with Gasteiger partial charge in [-0.05, 0) is 43.2 Å². The maximum Gasteiger partial charge on any atom is 0.253 e. The fourth-order valence-corrected chi connectivity index (χ4v) is 4.99. The van der Waals surface area contributed by atoms with E-state index in [1.165, 1.54) is 0 Å². The minimum atomic E-state index is 0.0709. The van der Waals surface area contributed by atoms with Crippen molar-refractivity contribution in [2.24, 2.45) is 0 Å². The van der Waals surface area contributed by atoms with Crippen LogP contribution < -0.4 is 4.90 Å². The van der Waals surface area contributed by atoms with Gasteiger partial charge < -0.3 is 14.5 Å². The molecule has 0 spiro atoms. The third kappa shape index (κ3) is 4.72. The Morgan fingerprint density at radius 2 is 1.79 bits per heavy atom. The lowest BCUT2D eigenvalue weighted by Crippen LogP contribution is -2.39. The number of amides is 1. The molecule has 3 heterocycles. The Morgan fingerprint density at radius 3 is 2.58 bits per heavy atom. The van der Waals surface area contributed by atoms with E-state index in [-0.39, 0.29) is 11.8 Å². The average molecular weight is 463 g/mol. The zero-order valence-corrected chi connectivity index (χ0v) is 19.2. The van der Waals surface area contributed by atoms with Crippen molar-refractivity contribution in [3.8, 4) is 11.1 Å². The highest BCUT2D eigenvalue weighted by atomic mass is 35.5. The molecule has 1 unspecified atom stereocenters. The molecular weight excluding hydrogens is 436 g/mol. The molecule has 0 N–H and O–H groups in total. The molecule has 2 aromatic carbocycles. The number of nitrogens with zero attached hydrogens (tertiary/aromatic N) is 4. The number of hydrogen-bond donors (Lipinski definition) is 0. The summed E-state index contributed by atoms with van der Waals surface area (Å²) < 4.78 is 5.43. The lowest BCUT2D eigenvalue weighted by Gasteiger charge is -2.33. The monoisotopic (exact) mass is 462 g/mol. The number of benzene rings is 2. The molecule has 3 aromatic rings. The van der Waals surface area contributed by atoms with Crippen molar-refractivity contribution in [3.05, 3.63) is 77.3 Å². The van der Waals surface area contributed by atoms with Gasteiger partial charge in [-0.15, -0.1) is 0 Å². The Labute approximate surface area is 199 Å². The van der Waals surface area contributed by atoms with Crippen molar-refractivity contribution >= 4 is 23.2 Å². The molecule has 1 aromatic heterocycles. The number of halogens is 1. The fraction of sp³-hybridized carbons (Fsp3) is 0.346. The number of morpholine rings is 1. The van der Waals surface area contributed by atoms with E-state index in [1.807, 2.05) is 59.6 Å². The summed E-state index contributed by atoms with van der Waals surface area (Å²) in [6, 6.07) is 15.7. The van der Waals surface area contributed by atoms with Gasteiger partial charge in [-0.1, -0.05) is 29.8 Å². The van der Waals surface area contributed by atoms with E-state index in [0.717, 1.165) is 73.8 Å². The first kappa shape index (κ1) is 21.9. The molecule has 2 aliphatic rings. The standard InChI is InChI=1S/C26H27ClN4O2/c27-24-6-2-1-5-22(24)23-16-28-18-29-25(23)20-4-3-11-31(17-20)26(32)19-7-9-21(10-8-19)30-12-14-33-15-13-30/h1-2,5-10,16,18,20H,3-4,11-15,17H2. The Kier molecular flexibility index (Phi) is 6.55. The van der Waals surface area contributed by atoms with E-state index in [9.17, 15) is 4.79 Å². The van der Waals surface area contributed by atoms with E-state index < -0.39 is 0 Å². The number of anilines is 1. The van der Waals surface area contributed by atoms with Gasteiger partial charge >= 0.3 is 0 Å². The maximum atomic E-state index is 13.3. The summed E-state index contributed by atoms with van der Waals surface area (Å²) in [6.45, 7) is 4.65. The van der Waals surface area contributed by atoms with Crippen molar-refractivity contribution in [3.63, 3.8) is 0 Å². The first-order valence-corrected chi connectivity index (χ1v) is 11.9. The Balaban J connectivity index is 1.33. The van der Waals surface area contributed by atoms with Crippen molar-refractivity contribution in [2.45, 2.75) is 18.8 Å². The quantitative estimate of drug-likeness (QED) is 0.564. The second-order valence-corrected chi connectivity index (χ2v) is 8.95. The Hall–Kier alpha value is -2.96. The van der Waals surface area contributed by atoms with Crippen molar-refractivity contribution < 1.29 is 9.53 Å². The highest BCUT2D eigenvalue weighted by molar-refractivity contribution is 6.33. The minimum absolute atomic E-state index is 0.0709. The average Bonchev–Trinajstić information content (AvgIpc) is 2.89.